The summed E-state index contributed by atoms with van der Waals surface area (Å²) in [5.41, 5.74) is 3.84. The Bertz CT molecular complexity index is 1280. The van der Waals surface area contributed by atoms with Crippen LogP contribution >= 0.6 is 23.2 Å². The first kappa shape index (κ1) is 26.2. The third-order valence-electron chi connectivity index (χ3n) is 8.00. The van der Waals surface area contributed by atoms with Crippen LogP contribution in [0.4, 0.5) is 5.69 Å². The highest BCUT2D eigenvalue weighted by Crippen LogP contribution is 2.39. The van der Waals surface area contributed by atoms with Crippen LogP contribution in [-0.4, -0.2) is 57.7 Å². The van der Waals surface area contributed by atoms with E-state index in [-0.39, 0.29) is 34.2 Å². The summed E-state index contributed by atoms with van der Waals surface area (Å²) < 4.78 is 0. The van der Waals surface area contributed by atoms with E-state index in [2.05, 4.69) is 15.2 Å². The first-order valence-corrected chi connectivity index (χ1v) is 13.8. The van der Waals surface area contributed by atoms with Gasteiger partial charge in [-0.05, 0) is 93.3 Å². The van der Waals surface area contributed by atoms with Crippen LogP contribution < -0.4 is 5.32 Å². The number of hydrogen-bond acceptors (Lipinski definition) is 6. The number of benzene rings is 2. The summed E-state index contributed by atoms with van der Waals surface area (Å²) in [4.78, 5) is 19.6. The lowest BCUT2D eigenvalue weighted by atomic mass is 9.85. The van der Waals surface area contributed by atoms with Crippen LogP contribution in [0.1, 0.15) is 55.8 Å². The Labute approximate surface area is 227 Å². The molecule has 0 bridgehead atoms. The van der Waals surface area contributed by atoms with E-state index in [0.717, 1.165) is 72.9 Å². The molecule has 0 amide bonds. The van der Waals surface area contributed by atoms with Crippen molar-refractivity contribution in [1.82, 2.24) is 9.88 Å². The van der Waals surface area contributed by atoms with E-state index in [1.54, 1.807) is 25.3 Å². The minimum atomic E-state index is -0.136. The van der Waals surface area contributed by atoms with Gasteiger partial charge < -0.3 is 15.5 Å². The molecular weight excluding hydrogens is 509 g/mol. The number of nitrogens with one attached hydrogen (secondary N) is 1. The number of nitrogens with zero attached hydrogens (tertiary/aromatic N) is 2. The van der Waals surface area contributed by atoms with Crippen molar-refractivity contribution in [2.24, 2.45) is 5.92 Å². The van der Waals surface area contributed by atoms with Crippen molar-refractivity contribution in [3.8, 4) is 16.9 Å². The average molecular weight is 543 g/mol. The SMILES string of the molecule is CC(=O)c1cnc2ccc(-c3cc(Cl)c(O)c(Cl)c3)cc2c1N[C@H]1CC[C@H](CN2CCC[C@@H]2CO)CC1. The number of halogens is 2. The number of rotatable bonds is 7. The molecule has 8 heteroatoms. The topological polar surface area (TPSA) is 85.7 Å². The average Bonchev–Trinajstić information content (AvgIpc) is 3.34. The molecule has 37 heavy (non-hydrogen) atoms. The number of phenolic OH excluding ortho intramolecular Hbond substituents is 1. The molecule has 196 valence electrons. The second-order valence-electron chi connectivity index (χ2n) is 10.5. The molecule has 0 unspecified atom stereocenters. The molecule has 1 atom stereocenters. The molecule has 1 aliphatic carbocycles. The number of pyridine rings is 1. The first-order valence-electron chi connectivity index (χ1n) is 13.1. The molecule has 1 saturated heterocycles. The van der Waals surface area contributed by atoms with Crippen molar-refractivity contribution < 1.29 is 15.0 Å². The van der Waals surface area contributed by atoms with Gasteiger partial charge in [0.2, 0.25) is 0 Å². The molecule has 1 aliphatic heterocycles. The summed E-state index contributed by atoms with van der Waals surface area (Å²) in [5.74, 6) is 0.473. The summed E-state index contributed by atoms with van der Waals surface area (Å²) in [5, 5.41) is 24.6. The van der Waals surface area contributed by atoms with Gasteiger partial charge in [-0.2, -0.15) is 0 Å². The summed E-state index contributed by atoms with van der Waals surface area (Å²) in [6.45, 7) is 3.98. The summed E-state index contributed by atoms with van der Waals surface area (Å²) in [7, 11) is 0. The van der Waals surface area contributed by atoms with E-state index >= 15 is 0 Å². The lowest BCUT2D eigenvalue weighted by Crippen LogP contribution is -2.38. The monoisotopic (exact) mass is 541 g/mol. The van der Waals surface area contributed by atoms with Gasteiger partial charge in [0.05, 0.1) is 33.4 Å². The van der Waals surface area contributed by atoms with Gasteiger partial charge in [0.1, 0.15) is 0 Å². The number of likely N-dealkylation sites (tertiary alicyclic amines) is 1. The van der Waals surface area contributed by atoms with E-state index in [9.17, 15) is 15.0 Å². The number of aliphatic hydroxyl groups excluding tert-OH is 1. The number of anilines is 1. The van der Waals surface area contributed by atoms with Gasteiger partial charge in [0.25, 0.3) is 0 Å². The third-order valence-corrected chi connectivity index (χ3v) is 8.57. The first-order chi connectivity index (χ1) is 17.8. The standard InChI is InChI=1S/C29H33Cl2N3O3/c1-17(36)24-14-32-27-9-6-19(20-12-25(30)29(37)26(31)13-20)11-23(27)28(24)33-21-7-4-18(5-8-21)15-34-10-2-3-22(34)16-35/h6,9,11-14,18,21-22,35,37H,2-5,7-8,10,15-16H2,1H3,(H,32,33)/t18-,21-,22-/m1/s1. The Morgan fingerprint density at radius 2 is 1.81 bits per heavy atom. The Kier molecular flexibility index (Phi) is 7.91. The number of aliphatic hydroxyl groups is 1. The fraction of sp³-hybridized carbons (Fsp3) is 0.448. The molecule has 0 radical (unpaired) electrons. The number of aromatic nitrogens is 1. The fourth-order valence-electron chi connectivity index (χ4n) is 5.89. The lowest BCUT2D eigenvalue weighted by molar-refractivity contribution is 0.101. The van der Waals surface area contributed by atoms with E-state index in [0.29, 0.717) is 17.5 Å². The predicted molar refractivity (Wildman–Crippen MR) is 150 cm³/mol. The Hall–Kier alpha value is -2.38. The second-order valence-corrected chi connectivity index (χ2v) is 11.3. The van der Waals surface area contributed by atoms with Gasteiger partial charge in [0, 0.05) is 30.2 Å². The quantitative estimate of drug-likeness (QED) is 0.294. The Morgan fingerprint density at radius 3 is 2.49 bits per heavy atom. The van der Waals surface area contributed by atoms with Gasteiger partial charge in [-0.1, -0.05) is 29.3 Å². The number of fused-ring (bicyclic) bond motifs is 1. The molecule has 6 nitrogen and oxygen atoms in total. The van der Waals surface area contributed by atoms with Crippen LogP contribution in [0.15, 0.2) is 36.5 Å². The van der Waals surface area contributed by atoms with Crippen LogP contribution in [0, 0.1) is 5.92 Å². The maximum Gasteiger partial charge on any atom is 0.163 e. The smallest absolute Gasteiger partial charge is 0.163 e. The highest BCUT2D eigenvalue weighted by Gasteiger charge is 2.29. The zero-order valence-electron chi connectivity index (χ0n) is 21.0. The number of carbonyl (C=O) groups excluding carboxylic acids is 1. The van der Waals surface area contributed by atoms with Gasteiger partial charge in [-0.3, -0.25) is 14.7 Å². The van der Waals surface area contributed by atoms with Crippen molar-refractivity contribution in [2.75, 3.05) is 25.0 Å². The number of hydrogen-bond donors (Lipinski definition) is 3. The molecule has 1 aromatic heterocycles. The van der Waals surface area contributed by atoms with Crippen molar-refractivity contribution in [3.05, 3.63) is 52.1 Å². The number of aromatic hydroxyl groups is 1. The molecule has 2 aromatic carbocycles. The van der Waals surface area contributed by atoms with Crippen LogP contribution in [0.25, 0.3) is 22.0 Å². The largest absolute Gasteiger partial charge is 0.505 e. The normalized spacial score (nSPS) is 22.4. The van der Waals surface area contributed by atoms with Crippen LogP contribution in [0.3, 0.4) is 0 Å². The minimum absolute atomic E-state index is 0.0317. The predicted octanol–water partition coefficient (Wildman–Crippen LogP) is 6.54. The molecule has 5 rings (SSSR count). The molecule has 0 spiro atoms. The molecule has 2 aliphatic rings. The Balaban J connectivity index is 1.39. The second kappa shape index (κ2) is 11.2. The zero-order valence-corrected chi connectivity index (χ0v) is 22.5. The molecule has 2 heterocycles. The molecule has 1 saturated carbocycles. The van der Waals surface area contributed by atoms with Gasteiger partial charge in [0.15, 0.2) is 11.5 Å². The number of ketones is 1. The highest BCUT2D eigenvalue weighted by atomic mass is 35.5. The molecular formula is C29H33Cl2N3O3. The Morgan fingerprint density at radius 1 is 1.08 bits per heavy atom. The summed E-state index contributed by atoms with van der Waals surface area (Å²) >= 11 is 12.4. The zero-order chi connectivity index (χ0) is 26.1. The summed E-state index contributed by atoms with van der Waals surface area (Å²) in [6, 6.07) is 9.83. The van der Waals surface area contributed by atoms with E-state index in [1.807, 2.05) is 18.2 Å². The van der Waals surface area contributed by atoms with E-state index in [4.69, 9.17) is 23.2 Å². The van der Waals surface area contributed by atoms with Crippen LogP contribution in [-0.2, 0) is 0 Å². The maximum atomic E-state index is 12.6. The van der Waals surface area contributed by atoms with Gasteiger partial charge >= 0.3 is 0 Å². The van der Waals surface area contributed by atoms with Gasteiger partial charge in [-0.15, -0.1) is 0 Å². The number of phenols is 1. The number of Topliss-reactive ketones (excluding diaryl/α,β-unsaturated/α-hetero) is 1. The molecule has 3 aromatic rings. The number of carbonyl (C=O) groups is 1. The van der Waals surface area contributed by atoms with Crippen molar-refractivity contribution in [2.45, 2.75) is 57.5 Å². The fourth-order valence-corrected chi connectivity index (χ4v) is 6.38. The molecule has 2 fully saturated rings. The van der Waals surface area contributed by atoms with E-state index < -0.39 is 0 Å². The van der Waals surface area contributed by atoms with Crippen molar-refractivity contribution in [1.29, 1.82) is 0 Å². The third kappa shape index (κ3) is 5.58. The van der Waals surface area contributed by atoms with Crippen molar-refractivity contribution in [3.63, 3.8) is 0 Å². The van der Waals surface area contributed by atoms with E-state index in [1.165, 1.54) is 6.42 Å². The van der Waals surface area contributed by atoms with Gasteiger partial charge in [-0.25, -0.2) is 0 Å². The lowest BCUT2D eigenvalue weighted by Gasteiger charge is -2.34. The summed E-state index contributed by atoms with van der Waals surface area (Å²) in [6.07, 6.45) is 8.26. The maximum absolute atomic E-state index is 12.6. The van der Waals surface area contributed by atoms with Crippen LogP contribution in [0.2, 0.25) is 10.0 Å². The van der Waals surface area contributed by atoms with Crippen LogP contribution in [0.5, 0.6) is 5.75 Å². The molecule has 3 N–H and O–H groups in total. The van der Waals surface area contributed by atoms with Crippen molar-refractivity contribution >= 4 is 45.6 Å². The minimum Gasteiger partial charge on any atom is -0.505 e. The highest BCUT2D eigenvalue weighted by molar-refractivity contribution is 6.37.